The first-order valence-corrected chi connectivity index (χ1v) is 15.4. The second-order valence-corrected chi connectivity index (χ2v) is 8.73. The normalized spacial score (nSPS) is 13.5. The summed E-state index contributed by atoms with van der Waals surface area (Å²) in [4.78, 5) is 4.67. The van der Waals surface area contributed by atoms with Crippen molar-refractivity contribution in [1.29, 1.82) is 0 Å². The van der Waals surface area contributed by atoms with Gasteiger partial charge in [0.05, 0.1) is 16.6 Å². The van der Waals surface area contributed by atoms with E-state index in [0.717, 1.165) is 0 Å². The fourth-order valence-electron chi connectivity index (χ4n) is 5.32. The summed E-state index contributed by atoms with van der Waals surface area (Å²) in [6.45, 7) is 6.71. The molecule has 0 aliphatic carbocycles. The zero-order chi connectivity index (χ0) is 22.7. The van der Waals surface area contributed by atoms with Gasteiger partial charge < -0.3 is 14.2 Å². The van der Waals surface area contributed by atoms with Crippen molar-refractivity contribution in [3.63, 3.8) is 0 Å². The van der Waals surface area contributed by atoms with Crippen LogP contribution in [0.15, 0.2) is 84.9 Å². The van der Waals surface area contributed by atoms with E-state index >= 15 is 0 Å². The molecular weight excluding hydrogens is 613 g/mol. The molecule has 7 rings (SSSR count). The Morgan fingerprint density at radius 1 is 0.697 bits per heavy atom. The summed E-state index contributed by atoms with van der Waals surface area (Å²) in [5, 5.41) is 5.27. The first-order chi connectivity index (χ1) is 16.2. The van der Waals surface area contributed by atoms with Crippen molar-refractivity contribution in [3.05, 3.63) is 91.6 Å². The van der Waals surface area contributed by atoms with Crippen LogP contribution in [0.3, 0.4) is 0 Å². The Balaban J connectivity index is 0.00000101. The Morgan fingerprint density at radius 2 is 1.33 bits per heavy atom. The molecule has 3 nitrogen and oxygen atoms in total. The van der Waals surface area contributed by atoms with Crippen LogP contribution >= 0.6 is 19.0 Å². The predicted molar refractivity (Wildman–Crippen MR) is 146 cm³/mol. The molecule has 0 unspecified atom stereocenters. The molecule has 6 aromatic rings. The zero-order valence-corrected chi connectivity index (χ0v) is 21.9. The van der Waals surface area contributed by atoms with E-state index in [1.54, 1.807) is 0 Å². The third-order valence-electron chi connectivity index (χ3n) is 6.70. The Bertz CT molecular complexity index is 1620. The van der Waals surface area contributed by atoms with Crippen molar-refractivity contribution in [2.75, 3.05) is 9.80 Å². The number of anilines is 3. The molecule has 0 bridgehead atoms. The SMILES string of the molecule is CC(C)N1[CH-]N(c2ccc3c(c2)c2cccc4c5ccccc5n3c42)c2ccccc21.[Ag][I]. The van der Waals surface area contributed by atoms with Gasteiger partial charge in [0.1, 0.15) is 0 Å². The van der Waals surface area contributed by atoms with Crippen molar-refractivity contribution >= 4 is 74.2 Å². The number of aromatic nitrogens is 1. The second-order valence-electron chi connectivity index (χ2n) is 8.73. The van der Waals surface area contributed by atoms with Crippen molar-refractivity contribution < 1.29 is 17.3 Å². The molecule has 0 atom stereocenters. The van der Waals surface area contributed by atoms with Crippen LogP contribution < -0.4 is 9.80 Å². The Hall–Kier alpha value is -2.25. The van der Waals surface area contributed by atoms with Crippen LogP contribution in [-0.2, 0) is 17.3 Å². The van der Waals surface area contributed by atoms with Gasteiger partial charge in [-0.15, -0.1) is 6.67 Å². The zero-order valence-electron chi connectivity index (χ0n) is 18.3. The topological polar surface area (TPSA) is 10.9 Å². The molecule has 3 heterocycles. The summed E-state index contributed by atoms with van der Waals surface area (Å²) < 4.78 is 2.43. The summed E-state index contributed by atoms with van der Waals surface area (Å²) in [5.41, 5.74) is 7.56. The summed E-state index contributed by atoms with van der Waals surface area (Å²) in [5.74, 6) is 0. The second kappa shape index (κ2) is 8.20. The fraction of sp³-hybridized carbons (Fsp3) is 0.107. The first-order valence-electron chi connectivity index (χ1n) is 11.0. The van der Waals surface area contributed by atoms with Gasteiger partial charge in [-0.05, 0) is 56.3 Å². The summed E-state index contributed by atoms with van der Waals surface area (Å²) in [6, 6.07) is 31.4. The molecule has 0 saturated carbocycles. The van der Waals surface area contributed by atoms with Gasteiger partial charge in [-0.1, -0.05) is 48.5 Å². The fourth-order valence-corrected chi connectivity index (χ4v) is 5.32. The average molecular weight is 635 g/mol. The molecule has 2 aromatic heterocycles. The number of rotatable bonds is 2. The molecule has 168 valence electrons. The molecule has 0 fully saturated rings. The number of fused-ring (bicyclic) bond motifs is 7. The summed E-state index contributed by atoms with van der Waals surface area (Å²) in [7, 11) is 0. The van der Waals surface area contributed by atoms with E-state index < -0.39 is 0 Å². The predicted octanol–water partition coefficient (Wildman–Crippen LogP) is 8.21. The number of halogens is 1. The van der Waals surface area contributed by atoms with Gasteiger partial charge in [0, 0.05) is 38.6 Å². The molecule has 0 spiro atoms. The molecule has 0 saturated heterocycles. The molecule has 5 heteroatoms. The van der Waals surface area contributed by atoms with E-state index in [1.165, 1.54) is 55.2 Å². The minimum atomic E-state index is 0.404. The maximum absolute atomic E-state index is 2.92. The molecule has 1 aliphatic heterocycles. The number of nitrogens with zero attached hydrogens (tertiary/aromatic N) is 3. The Morgan fingerprint density at radius 3 is 2.12 bits per heavy atom. The average Bonchev–Trinajstić information content (AvgIpc) is 3.52. The molecule has 33 heavy (non-hydrogen) atoms. The minimum absolute atomic E-state index is 0.404. The third-order valence-corrected chi connectivity index (χ3v) is 6.70. The number of hydrogen-bond acceptors (Lipinski definition) is 2. The maximum atomic E-state index is 2.92. The third kappa shape index (κ3) is 3.04. The van der Waals surface area contributed by atoms with Gasteiger partial charge in [0.2, 0.25) is 0 Å². The molecule has 4 aromatic carbocycles. The van der Waals surface area contributed by atoms with Gasteiger partial charge in [-0.25, -0.2) is 0 Å². The van der Waals surface area contributed by atoms with Crippen LogP contribution in [0.5, 0.6) is 0 Å². The Kier molecular flexibility index (Phi) is 5.29. The van der Waals surface area contributed by atoms with Crippen LogP contribution in [0, 0.1) is 6.67 Å². The van der Waals surface area contributed by atoms with E-state index in [1.807, 2.05) is 19.0 Å². The van der Waals surface area contributed by atoms with Crippen molar-refractivity contribution in [2.45, 2.75) is 19.9 Å². The standard InChI is InChI=1S/C28H22N3.Ag.HI/c1-18(2)29-17-30(27-13-6-5-12-26(27)29)19-14-15-25-23(16-19)22-10-7-9-21-20-8-3-4-11-24(20)31(25)28(21)22;;/h3-18H,1-2H3;;1H/q-1;+1;/p-1. The van der Waals surface area contributed by atoms with E-state index in [4.69, 9.17) is 0 Å². The van der Waals surface area contributed by atoms with E-state index in [2.05, 4.69) is 137 Å². The molecule has 0 amide bonds. The van der Waals surface area contributed by atoms with Crippen molar-refractivity contribution in [1.82, 2.24) is 4.40 Å². The van der Waals surface area contributed by atoms with Crippen LogP contribution in [0.1, 0.15) is 13.8 Å². The van der Waals surface area contributed by atoms with Crippen molar-refractivity contribution in [3.8, 4) is 0 Å². The number of para-hydroxylation sites is 4. The van der Waals surface area contributed by atoms with E-state index in [-0.39, 0.29) is 0 Å². The van der Waals surface area contributed by atoms with Gasteiger partial charge in [0.25, 0.3) is 0 Å². The van der Waals surface area contributed by atoms with E-state index in [0.29, 0.717) is 6.04 Å². The van der Waals surface area contributed by atoms with Gasteiger partial charge >= 0.3 is 36.3 Å². The van der Waals surface area contributed by atoms with Gasteiger partial charge in [0.15, 0.2) is 0 Å². The Labute approximate surface area is 215 Å². The molecule has 0 radical (unpaired) electrons. The van der Waals surface area contributed by atoms with Crippen LogP contribution in [-0.4, -0.2) is 10.4 Å². The van der Waals surface area contributed by atoms with Gasteiger partial charge in [-0.2, -0.15) is 0 Å². The quantitative estimate of drug-likeness (QED) is 0.108. The number of hydrogen-bond donors (Lipinski definition) is 0. The van der Waals surface area contributed by atoms with Crippen LogP contribution in [0.2, 0.25) is 0 Å². The molecule has 0 N–H and O–H groups in total. The molecular formula is C28H22AgIN3-. The monoisotopic (exact) mass is 634 g/mol. The number of benzene rings is 4. The summed E-state index contributed by atoms with van der Waals surface area (Å²) >= 11 is 4.88. The molecule has 1 aliphatic rings. The van der Waals surface area contributed by atoms with Crippen LogP contribution in [0.4, 0.5) is 17.1 Å². The summed E-state index contributed by atoms with van der Waals surface area (Å²) in [6.07, 6.45) is 0. The van der Waals surface area contributed by atoms with E-state index in [9.17, 15) is 0 Å². The first kappa shape index (κ1) is 21.3. The van der Waals surface area contributed by atoms with Crippen LogP contribution in [0.25, 0.3) is 38.1 Å². The van der Waals surface area contributed by atoms with Crippen molar-refractivity contribution in [2.24, 2.45) is 0 Å². The van der Waals surface area contributed by atoms with Gasteiger partial charge in [-0.3, -0.25) is 0 Å².